The predicted molar refractivity (Wildman–Crippen MR) is 109 cm³/mol. The van der Waals surface area contributed by atoms with Crippen LogP contribution in [0.1, 0.15) is 30.6 Å². The molecular formula is C19H32N4O4S. The number of amides is 1. The highest BCUT2D eigenvalue weighted by molar-refractivity contribution is 7.89. The number of piperazine rings is 1. The fraction of sp³-hybridized carbons (Fsp3) is 0.632. The summed E-state index contributed by atoms with van der Waals surface area (Å²) in [5.74, 6) is -0.0221. The van der Waals surface area contributed by atoms with E-state index in [0.29, 0.717) is 12.3 Å². The van der Waals surface area contributed by atoms with E-state index in [1.807, 2.05) is 13.8 Å². The number of ether oxygens (including phenoxy) is 1. The summed E-state index contributed by atoms with van der Waals surface area (Å²) in [6.07, 6.45) is 0.736. The molecule has 0 aliphatic carbocycles. The number of hydrogen-bond donors (Lipinski definition) is 2. The Morgan fingerprint density at radius 3 is 2.50 bits per heavy atom. The van der Waals surface area contributed by atoms with Crippen molar-refractivity contribution in [1.29, 1.82) is 0 Å². The van der Waals surface area contributed by atoms with Crippen LogP contribution in [0.15, 0.2) is 23.1 Å². The summed E-state index contributed by atoms with van der Waals surface area (Å²) >= 11 is 0. The molecular weight excluding hydrogens is 380 g/mol. The second kappa shape index (κ2) is 10.2. The van der Waals surface area contributed by atoms with Crippen LogP contribution in [0.5, 0.6) is 5.75 Å². The van der Waals surface area contributed by atoms with Crippen LogP contribution in [0.25, 0.3) is 0 Å². The van der Waals surface area contributed by atoms with Crippen LogP contribution in [-0.2, 0) is 10.0 Å². The highest BCUT2D eigenvalue weighted by Crippen LogP contribution is 2.22. The smallest absolute Gasteiger partial charge is 0.255 e. The fourth-order valence-electron chi connectivity index (χ4n) is 3.04. The summed E-state index contributed by atoms with van der Waals surface area (Å²) in [5.41, 5.74) is 0.205. The Balaban J connectivity index is 1.97. The summed E-state index contributed by atoms with van der Waals surface area (Å²) in [4.78, 5) is 17.0. The van der Waals surface area contributed by atoms with Crippen LogP contribution >= 0.6 is 0 Å². The van der Waals surface area contributed by atoms with Gasteiger partial charge in [0.15, 0.2) is 0 Å². The van der Waals surface area contributed by atoms with Crippen molar-refractivity contribution in [2.45, 2.75) is 31.2 Å². The molecule has 0 spiro atoms. The Labute approximate surface area is 168 Å². The van der Waals surface area contributed by atoms with Crippen LogP contribution in [0, 0.1) is 0 Å². The van der Waals surface area contributed by atoms with Gasteiger partial charge in [0.2, 0.25) is 10.0 Å². The lowest BCUT2D eigenvalue weighted by atomic mass is 10.2. The fourth-order valence-corrected chi connectivity index (χ4v) is 4.14. The molecule has 1 amide bonds. The Bertz CT molecular complexity index is 759. The summed E-state index contributed by atoms with van der Waals surface area (Å²) in [7, 11) is -0.136. The number of likely N-dealkylation sites (N-methyl/N-ethyl adjacent to an activating group) is 1. The lowest BCUT2D eigenvalue weighted by Crippen LogP contribution is -2.45. The number of hydrogen-bond acceptors (Lipinski definition) is 6. The molecule has 1 aromatic carbocycles. The Morgan fingerprint density at radius 1 is 1.21 bits per heavy atom. The second-order valence-corrected chi connectivity index (χ2v) is 9.15. The van der Waals surface area contributed by atoms with Crippen molar-refractivity contribution in [2.24, 2.45) is 0 Å². The predicted octanol–water partition coefficient (Wildman–Crippen LogP) is 0.749. The van der Waals surface area contributed by atoms with Crippen LogP contribution in [-0.4, -0.2) is 83.6 Å². The average molecular weight is 413 g/mol. The molecule has 2 rings (SSSR count). The second-order valence-electron chi connectivity index (χ2n) is 7.39. The number of carbonyl (C=O) groups excluding carboxylic acids is 1. The lowest BCUT2D eigenvalue weighted by molar-refractivity contribution is 0.0940. The average Bonchev–Trinajstić information content (AvgIpc) is 2.65. The first-order chi connectivity index (χ1) is 13.2. The molecule has 0 radical (unpaired) electrons. The highest BCUT2D eigenvalue weighted by atomic mass is 32.2. The molecule has 9 heteroatoms. The van der Waals surface area contributed by atoms with Gasteiger partial charge in [-0.1, -0.05) is 0 Å². The van der Waals surface area contributed by atoms with E-state index in [-0.39, 0.29) is 22.4 Å². The van der Waals surface area contributed by atoms with Gasteiger partial charge in [-0.3, -0.25) is 4.79 Å². The SMILES string of the molecule is COc1ccc(S(=O)(=O)NCCCN2CCN(C)CC2)cc1C(=O)NC(C)C. The number of benzene rings is 1. The molecule has 2 N–H and O–H groups in total. The molecule has 0 aromatic heterocycles. The minimum absolute atomic E-state index is 0.0572. The topological polar surface area (TPSA) is 91.0 Å². The van der Waals surface area contributed by atoms with E-state index in [1.165, 1.54) is 25.3 Å². The molecule has 0 atom stereocenters. The van der Waals surface area contributed by atoms with Crippen molar-refractivity contribution >= 4 is 15.9 Å². The first-order valence-electron chi connectivity index (χ1n) is 9.62. The minimum atomic E-state index is -3.69. The summed E-state index contributed by atoms with van der Waals surface area (Å²) in [5, 5.41) is 2.76. The molecule has 1 saturated heterocycles. The van der Waals surface area contributed by atoms with E-state index in [4.69, 9.17) is 4.74 Å². The van der Waals surface area contributed by atoms with Crippen molar-refractivity contribution in [1.82, 2.24) is 19.8 Å². The molecule has 28 heavy (non-hydrogen) atoms. The Kier molecular flexibility index (Phi) is 8.23. The van der Waals surface area contributed by atoms with E-state index in [1.54, 1.807) is 0 Å². The summed E-state index contributed by atoms with van der Waals surface area (Å²) < 4.78 is 33.1. The van der Waals surface area contributed by atoms with Gasteiger partial charge in [-0.05, 0) is 52.1 Å². The van der Waals surface area contributed by atoms with Crippen LogP contribution in [0.4, 0.5) is 0 Å². The van der Waals surface area contributed by atoms with Crippen molar-refractivity contribution in [3.63, 3.8) is 0 Å². The first-order valence-corrected chi connectivity index (χ1v) is 11.1. The number of rotatable bonds is 9. The maximum Gasteiger partial charge on any atom is 0.255 e. The van der Waals surface area contributed by atoms with E-state index < -0.39 is 10.0 Å². The van der Waals surface area contributed by atoms with Crippen LogP contribution in [0.3, 0.4) is 0 Å². The zero-order chi connectivity index (χ0) is 20.7. The Hall–Kier alpha value is -1.68. The van der Waals surface area contributed by atoms with Gasteiger partial charge >= 0.3 is 0 Å². The van der Waals surface area contributed by atoms with Gasteiger partial charge in [-0.15, -0.1) is 0 Å². The highest BCUT2D eigenvalue weighted by Gasteiger charge is 2.20. The van der Waals surface area contributed by atoms with E-state index in [2.05, 4.69) is 26.9 Å². The molecule has 1 fully saturated rings. The normalized spacial score (nSPS) is 16.3. The standard InChI is InChI=1S/C19H32N4O4S/c1-15(2)21-19(24)17-14-16(6-7-18(17)27-4)28(25,26)20-8-5-9-23-12-10-22(3)11-13-23/h6-7,14-15,20H,5,8-13H2,1-4H3,(H,21,24). The maximum atomic E-state index is 12.6. The zero-order valence-electron chi connectivity index (χ0n) is 17.2. The molecule has 8 nitrogen and oxygen atoms in total. The zero-order valence-corrected chi connectivity index (χ0v) is 18.0. The van der Waals surface area contributed by atoms with Gasteiger partial charge < -0.3 is 19.9 Å². The van der Waals surface area contributed by atoms with Gasteiger partial charge in [-0.2, -0.15) is 0 Å². The number of carbonyl (C=O) groups is 1. The van der Waals surface area contributed by atoms with E-state index in [9.17, 15) is 13.2 Å². The molecule has 1 aliphatic heterocycles. The summed E-state index contributed by atoms with van der Waals surface area (Å²) in [6.45, 7) is 9.00. The van der Waals surface area contributed by atoms with E-state index >= 15 is 0 Å². The van der Waals surface area contributed by atoms with Crippen LogP contribution in [0.2, 0.25) is 0 Å². The van der Waals surface area contributed by atoms with Gasteiger partial charge in [0.25, 0.3) is 5.91 Å². The molecule has 1 aliphatic rings. The number of methoxy groups -OCH3 is 1. The number of nitrogens with zero attached hydrogens (tertiary/aromatic N) is 2. The van der Waals surface area contributed by atoms with Crippen molar-refractivity contribution in [2.75, 3.05) is 53.4 Å². The number of nitrogens with one attached hydrogen (secondary N) is 2. The molecule has 158 valence electrons. The van der Waals surface area contributed by atoms with Crippen molar-refractivity contribution in [3.8, 4) is 5.75 Å². The molecule has 1 heterocycles. The maximum absolute atomic E-state index is 12.6. The molecule has 1 aromatic rings. The molecule has 0 bridgehead atoms. The number of sulfonamides is 1. The minimum Gasteiger partial charge on any atom is -0.496 e. The van der Waals surface area contributed by atoms with Crippen molar-refractivity contribution < 1.29 is 17.9 Å². The largest absolute Gasteiger partial charge is 0.496 e. The van der Waals surface area contributed by atoms with Gasteiger partial charge in [0.05, 0.1) is 17.6 Å². The third-order valence-electron chi connectivity index (χ3n) is 4.68. The Morgan fingerprint density at radius 2 is 1.89 bits per heavy atom. The quantitative estimate of drug-likeness (QED) is 0.582. The van der Waals surface area contributed by atoms with Crippen LogP contribution < -0.4 is 14.8 Å². The monoisotopic (exact) mass is 412 g/mol. The van der Waals surface area contributed by atoms with Crippen molar-refractivity contribution in [3.05, 3.63) is 23.8 Å². The van der Waals surface area contributed by atoms with Gasteiger partial charge in [-0.25, -0.2) is 13.1 Å². The lowest BCUT2D eigenvalue weighted by Gasteiger charge is -2.32. The van der Waals surface area contributed by atoms with Gasteiger partial charge in [0.1, 0.15) is 5.75 Å². The summed E-state index contributed by atoms with van der Waals surface area (Å²) in [6, 6.07) is 4.26. The third kappa shape index (κ3) is 6.44. The van der Waals surface area contributed by atoms with Gasteiger partial charge in [0, 0.05) is 38.8 Å². The third-order valence-corrected chi connectivity index (χ3v) is 6.14. The van der Waals surface area contributed by atoms with E-state index in [0.717, 1.165) is 39.1 Å². The molecule has 0 unspecified atom stereocenters. The molecule has 0 saturated carbocycles. The first kappa shape index (κ1) is 22.6.